The third-order valence-corrected chi connectivity index (χ3v) is 1.56. The Labute approximate surface area is 76.9 Å². The average Bonchev–Trinajstić information content (AvgIpc) is 2.62. The lowest BCUT2D eigenvalue weighted by Gasteiger charge is -1.96. The minimum absolute atomic E-state index is 0.220. The highest BCUT2D eigenvalue weighted by Crippen LogP contribution is 2.08. The van der Waals surface area contributed by atoms with Crippen LogP contribution in [0.4, 0.5) is 0 Å². The smallest absolute Gasteiger partial charge is 0.286 e. The minimum Gasteiger partial charge on any atom is -0.453 e. The first kappa shape index (κ1) is 9.80. The molecule has 1 rings (SSSR count). The van der Waals surface area contributed by atoms with Crippen LogP contribution in [-0.4, -0.2) is 19.6 Å². The summed E-state index contributed by atoms with van der Waals surface area (Å²) < 4.78 is 10.3. The van der Waals surface area contributed by atoms with Gasteiger partial charge in [-0.2, -0.15) is 0 Å². The lowest BCUT2D eigenvalue weighted by molar-refractivity contribution is 0.0915. The lowest BCUT2D eigenvalue weighted by atomic mass is 10.4. The molecule has 1 heterocycles. The van der Waals surface area contributed by atoms with Gasteiger partial charge in [-0.25, -0.2) is 0 Å². The molecule has 0 spiro atoms. The summed E-state index contributed by atoms with van der Waals surface area (Å²) in [6.07, 6.45) is 0. The molecule has 0 radical (unpaired) electrons. The highest BCUT2D eigenvalue weighted by Gasteiger charge is 2.08. The van der Waals surface area contributed by atoms with Crippen molar-refractivity contribution >= 4 is 5.91 Å². The zero-order valence-corrected chi connectivity index (χ0v) is 7.79. The van der Waals surface area contributed by atoms with Crippen LogP contribution in [0.2, 0.25) is 0 Å². The summed E-state index contributed by atoms with van der Waals surface area (Å²) >= 11 is 0. The second kappa shape index (κ2) is 4.67. The largest absolute Gasteiger partial charge is 0.453 e. The van der Waals surface area contributed by atoms with Gasteiger partial charge in [0.25, 0.3) is 5.91 Å². The molecule has 1 N–H and O–H groups in total. The topological polar surface area (TPSA) is 51.5 Å². The minimum atomic E-state index is -0.220. The molecular weight excluding hydrogens is 170 g/mol. The maximum absolute atomic E-state index is 11.1. The fourth-order valence-electron chi connectivity index (χ4n) is 0.903. The first-order valence-corrected chi connectivity index (χ1v) is 4.16. The van der Waals surface area contributed by atoms with Gasteiger partial charge in [0.1, 0.15) is 12.4 Å². The van der Waals surface area contributed by atoms with E-state index >= 15 is 0 Å². The van der Waals surface area contributed by atoms with Crippen LogP contribution < -0.4 is 5.32 Å². The Morgan fingerprint density at radius 1 is 1.62 bits per heavy atom. The monoisotopic (exact) mass is 183 g/mol. The van der Waals surface area contributed by atoms with Crippen LogP contribution in [0.3, 0.4) is 0 Å². The molecule has 0 aromatic carbocycles. The molecule has 0 unspecified atom stereocenters. The Balaban J connectivity index is 2.58. The van der Waals surface area contributed by atoms with Gasteiger partial charge in [-0.15, -0.1) is 0 Å². The van der Waals surface area contributed by atoms with Crippen LogP contribution in [0.25, 0.3) is 0 Å². The van der Waals surface area contributed by atoms with Crippen LogP contribution in [0.5, 0.6) is 0 Å². The molecule has 0 aliphatic heterocycles. The number of nitrogens with one attached hydrogen (secondary N) is 1. The van der Waals surface area contributed by atoms with Crippen molar-refractivity contribution in [2.24, 2.45) is 0 Å². The number of ether oxygens (including phenoxy) is 1. The van der Waals surface area contributed by atoms with E-state index in [9.17, 15) is 4.79 Å². The summed E-state index contributed by atoms with van der Waals surface area (Å²) in [5.74, 6) is 0.764. The summed E-state index contributed by atoms with van der Waals surface area (Å²) in [4.78, 5) is 11.1. The van der Waals surface area contributed by atoms with E-state index in [0.717, 1.165) is 0 Å². The van der Waals surface area contributed by atoms with E-state index in [4.69, 9.17) is 9.15 Å². The molecule has 0 saturated carbocycles. The Kier molecular flexibility index (Phi) is 3.52. The van der Waals surface area contributed by atoms with Crippen molar-refractivity contribution in [3.05, 3.63) is 23.7 Å². The van der Waals surface area contributed by atoms with E-state index in [2.05, 4.69) is 5.32 Å². The summed E-state index contributed by atoms with van der Waals surface area (Å²) in [6.45, 7) is 2.95. The van der Waals surface area contributed by atoms with Crippen molar-refractivity contribution in [1.82, 2.24) is 5.32 Å². The third kappa shape index (κ3) is 2.59. The van der Waals surface area contributed by atoms with Gasteiger partial charge in [-0.1, -0.05) is 0 Å². The van der Waals surface area contributed by atoms with Crippen LogP contribution in [0.15, 0.2) is 16.5 Å². The first-order valence-electron chi connectivity index (χ1n) is 4.16. The van der Waals surface area contributed by atoms with Crippen molar-refractivity contribution < 1.29 is 13.9 Å². The lowest BCUT2D eigenvalue weighted by Crippen LogP contribution is -2.16. The second-order valence-corrected chi connectivity index (χ2v) is 2.48. The molecule has 0 atom stereocenters. The van der Waals surface area contributed by atoms with Crippen molar-refractivity contribution in [2.75, 3.05) is 13.7 Å². The zero-order valence-electron chi connectivity index (χ0n) is 7.79. The van der Waals surface area contributed by atoms with Crippen LogP contribution in [-0.2, 0) is 11.3 Å². The standard InChI is InChI=1S/C9H13NO3/c1-3-12-6-7-4-5-8(13-7)9(11)10-2/h4-5H,3,6H2,1-2H3,(H,10,11). The van der Waals surface area contributed by atoms with Crippen LogP contribution in [0.1, 0.15) is 23.2 Å². The maximum Gasteiger partial charge on any atom is 0.286 e. The predicted molar refractivity (Wildman–Crippen MR) is 47.4 cm³/mol. The normalized spacial score (nSPS) is 10.0. The first-order chi connectivity index (χ1) is 6.27. The molecule has 1 aromatic rings. The summed E-state index contributed by atoms with van der Waals surface area (Å²) in [7, 11) is 1.56. The number of rotatable bonds is 4. The number of amides is 1. The van der Waals surface area contributed by atoms with Gasteiger partial charge in [-0.05, 0) is 19.1 Å². The Bertz CT molecular complexity index is 280. The van der Waals surface area contributed by atoms with E-state index in [0.29, 0.717) is 24.7 Å². The molecule has 4 heteroatoms. The quantitative estimate of drug-likeness (QED) is 0.762. The highest BCUT2D eigenvalue weighted by atomic mass is 16.5. The molecule has 1 aromatic heterocycles. The molecule has 0 saturated heterocycles. The van der Waals surface area contributed by atoms with Gasteiger partial charge < -0.3 is 14.5 Å². The average molecular weight is 183 g/mol. The van der Waals surface area contributed by atoms with Gasteiger partial charge in [0.2, 0.25) is 0 Å². The molecule has 4 nitrogen and oxygen atoms in total. The van der Waals surface area contributed by atoms with Crippen LogP contribution >= 0.6 is 0 Å². The summed E-state index contributed by atoms with van der Waals surface area (Å²) in [5, 5.41) is 2.48. The molecule has 0 aliphatic carbocycles. The number of hydrogen-bond donors (Lipinski definition) is 1. The van der Waals surface area contributed by atoms with Gasteiger partial charge in [-0.3, -0.25) is 4.79 Å². The fraction of sp³-hybridized carbons (Fsp3) is 0.444. The molecule has 72 valence electrons. The Morgan fingerprint density at radius 3 is 3.00 bits per heavy atom. The van der Waals surface area contributed by atoms with E-state index in [1.54, 1.807) is 19.2 Å². The van der Waals surface area contributed by atoms with Crippen molar-refractivity contribution in [3.63, 3.8) is 0 Å². The predicted octanol–water partition coefficient (Wildman–Crippen LogP) is 1.18. The molecule has 13 heavy (non-hydrogen) atoms. The number of hydrogen-bond acceptors (Lipinski definition) is 3. The van der Waals surface area contributed by atoms with Gasteiger partial charge in [0, 0.05) is 13.7 Å². The number of carbonyl (C=O) groups is 1. The van der Waals surface area contributed by atoms with Gasteiger partial charge in [0.15, 0.2) is 5.76 Å². The summed E-state index contributed by atoms with van der Waals surface area (Å²) in [5.41, 5.74) is 0. The van der Waals surface area contributed by atoms with Crippen molar-refractivity contribution in [3.8, 4) is 0 Å². The second-order valence-electron chi connectivity index (χ2n) is 2.48. The Hall–Kier alpha value is -1.29. The molecule has 0 bridgehead atoms. The molecule has 0 fully saturated rings. The summed E-state index contributed by atoms with van der Waals surface area (Å²) in [6, 6.07) is 3.37. The highest BCUT2D eigenvalue weighted by molar-refractivity contribution is 5.91. The number of carbonyl (C=O) groups excluding carboxylic acids is 1. The van der Waals surface area contributed by atoms with Crippen molar-refractivity contribution in [2.45, 2.75) is 13.5 Å². The van der Waals surface area contributed by atoms with Gasteiger partial charge in [0.05, 0.1) is 0 Å². The Morgan fingerprint density at radius 2 is 2.38 bits per heavy atom. The third-order valence-electron chi connectivity index (χ3n) is 1.56. The van der Waals surface area contributed by atoms with E-state index in [1.165, 1.54) is 0 Å². The zero-order chi connectivity index (χ0) is 9.68. The molecular formula is C9H13NO3. The fourth-order valence-corrected chi connectivity index (χ4v) is 0.903. The molecule has 0 aliphatic rings. The maximum atomic E-state index is 11.1. The van der Waals surface area contributed by atoms with E-state index in [1.807, 2.05) is 6.92 Å². The van der Waals surface area contributed by atoms with E-state index in [-0.39, 0.29) is 5.91 Å². The van der Waals surface area contributed by atoms with Gasteiger partial charge >= 0.3 is 0 Å². The SMILES string of the molecule is CCOCc1ccc(C(=O)NC)o1. The van der Waals surface area contributed by atoms with E-state index < -0.39 is 0 Å². The molecule has 1 amide bonds. The van der Waals surface area contributed by atoms with Crippen molar-refractivity contribution in [1.29, 1.82) is 0 Å². The van der Waals surface area contributed by atoms with Crippen LogP contribution in [0, 0.1) is 0 Å². The number of furan rings is 1.